The molecule has 3 rings (SSSR count). The van der Waals surface area contributed by atoms with E-state index in [0.717, 1.165) is 17.0 Å². The average molecular weight is 404 g/mol. The molecule has 2 aromatic carbocycles. The van der Waals surface area contributed by atoms with Crippen molar-refractivity contribution < 1.29 is 23.1 Å². The van der Waals surface area contributed by atoms with Crippen molar-refractivity contribution in [2.24, 2.45) is 0 Å². The van der Waals surface area contributed by atoms with Gasteiger partial charge >= 0.3 is 6.18 Å². The summed E-state index contributed by atoms with van der Waals surface area (Å²) in [4.78, 5) is 17.6. The first kappa shape index (κ1) is 19.8. The van der Waals surface area contributed by atoms with Gasteiger partial charge in [-0.1, -0.05) is 11.8 Å². The highest BCUT2D eigenvalue weighted by Crippen LogP contribution is 2.33. The molecule has 0 saturated heterocycles. The number of hydrogen-bond acceptors (Lipinski definition) is 4. The van der Waals surface area contributed by atoms with Crippen LogP contribution in [0.4, 0.5) is 18.9 Å². The molecule has 8 heteroatoms. The van der Waals surface area contributed by atoms with Gasteiger partial charge < -0.3 is 10.4 Å². The number of alkyl halides is 3. The fourth-order valence-electron chi connectivity index (χ4n) is 2.36. The summed E-state index contributed by atoms with van der Waals surface area (Å²) >= 11 is 1.30. The summed E-state index contributed by atoms with van der Waals surface area (Å²) in [5, 5.41) is 12.6. The number of nitrogens with zero attached hydrogens (tertiary/aromatic N) is 1. The van der Waals surface area contributed by atoms with Crippen molar-refractivity contribution in [3.63, 3.8) is 0 Å². The number of aromatic nitrogens is 1. The summed E-state index contributed by atoms with van der Waals surface area (Å²) in [5.74, 6) is -0.709. The molecule has 4 nitrogen and oxygen atoms in total. The van der Waals surface area contributed by atoms with Crippen LogP contribution in [0.25, 0.3) is 0 Å². The molecule has 0 unspecified atom stereocenters. The standard InChI is InChI=1S/C20H15F3N2O2S/c1-12-10-11-24-17(18(12)26)19(27)25-14-4-8-16(9-5-14)28-15-6-2-13(3-7-15)20(21,22)23/h2-11,26H,1H3,(H,25,27). The zero-order valence-electron chi connectivity index (χ0n) is 14.6. The van der Waals surface area contributed by atoms with E-state index in [9.17, 15) is 23.1 Å². The van der Waals surface area contributed by atoms with Gasteiger partial charge in [-0.2, -0.15) is 13.2 Å². The number of aromatic hydroxyl groups is 1. The third-order valence-electron chi connectivity index (χ3n) is 3.87. The number of carbonyl (C=O) groups is 1. The van der Waals surface area contributed by atoms with Crippen LogP contribution in [-0.4, -0.2) is 16.0 Å². The van der Waals surface area contributed by atoms with E-state index in [0.29, 0.717) is 16.1 Å². The van der Waals surface area contributed by atoms with Gasteiger partial charge in [0.1, 0.15) is 5.75 Å². The Morgan fingerprint density at radius 2 is 1.57 bits per heavy atom. The maximum Gasteiger partial charge on any atom is 0.416 e. The normalized spacial score (nSPS) is 11.3. The average Bonchev–Trinajstić information content (AvgIpc) is 2.65. The molecule has 2 N–H and O–H groups in total. The SMILES string of the molecule is Cc1ccnc(C(=O)Nc2ccc(Sc3ccc(C(F)(F)F)cc3)cc2)c1O. The van der Waals surface area contributed by atoms with Crippen LogP contribution in [0.2, 0.25) is 0 Å². The Kier molecular flexibility index (Phi) is 5.60. The van der Waals surface area contributed by atoms with Crippen LogP contribution in [0.3, 0.4) is 0 Å². The largest absolute Gasteiger partial charge is 0.505 e. The number of pyridine rings is 1. The van der Waals surface area contributed by atoms with Gasteiger partial charge in [0.15, 0.2) is 5.69 Å². The van der Waals surface area contributed by atoms with Gasteiger partial charge in [-0.05, 0) is 67.1 Å². The number of aryl methyl sites for hydroxylation is 1. The molecule has 0 bridgehead atoms. The predicted molar refractivity (Wildman–Crippen MR) is 101 cm³/mol. The van der Waals surface area contributed by atoms with E-state index >= 15 is 0 Å². The highest BCUT2D eigenvalue weighted by atomic mass is 32.2. The van der Waals surface area contributed by atoms with E-state index in [2.05, 4.69) is 10.3 Å². The number of carbonyl (C=O) groups excluding carboxylic acids is 1. The number of halogens is 3. The van der Waals surface area contributed by atoms with Crippen molar-refractivity contribution >= 4 is 23.4 Å². The molecule has 0 saturated carbocycles. The van der Waals surface area contributed by atoms with Gasteiger partial charge in [0.05, 0.1) is 5.56 Å². The lowest BCUT2D eigenvalue weighted by atomic mass is 10.2. The van der Waals surface area contributed by atoms with Gasteiger partial charge in [-0.3, -0.25) is 4.79 Å². The molecule has 28 heavy (non-hydrogen) atoms. The number of rotatable bonds is 4. The van der Waals surface area contributed by atoms with Crippen LogP contribution in [0.1, 0.15) is 21.6 Å². The quantitative estimate of drug-likeness (QED) is 0.601. The third kappa shape index (κ3) is 4.64. The molecular weight excluding hydrogens is 389 g/mol. The summed E-state index contributed by atoms with van der Waals surface area (Å²) in [6.07, 6.45) is -2.92. The van der Waals surface area contributed by atoms with Crippen molar-refractivity contribution in [2.45, 2.75) is 22.9 Å². The van der Waals surface area contributed by atoms with E-state index in [1.165, 1.54) is 30.1 Å². The molecular formula is C20H15F3N2O2S. The Morgan fingerprint density at radius 3 is 2.14 bits per heavy atom. The minimum absolute atomic E-state index is 0.0665. The Bertz CT molecular complexity index is 988. The van der Waals surface area contributed by atoms with Gasteiger partial charge in [-0.15, -0.1) is 0 Å². The summed E-state index contributed by atoms with van der Waals surface area (Å²) in [6.45, 7) is 1.67. The van der Waals surface area contributed by atoms with Gasteiger partial charge in [0.25, 0.3) is 5.91 Å². The number of hydrogen-bond donors (Lipinski definition) is 2. The monoisotopic (exact) mass is 404 g/mol. The summed E-state index contributed by atoms with van der Waals surface area (Å²) in [5.41, 5.74) is 0.291. The molecule has 0 radical (unpaired) electrons. The van der Waals surface area contributed by atoms with Crippen molar-refractivity contribution in [1.29, 1.82) is 0 Å². The molecule has 0 aliphatic carbocycles. The summed E-state index contributed by atoms with van der Waals surface area (Å²) < 4.78 is 37.8. The minimum Gasteiger partial charge on any atom is -0.505 e. The predicted octanol–water partition coefficient (Wildman–Crippen LogP) is 5.52. The third-order valence-corrected chi connectivity index (χ3v) is 4.89. The zero-order chi connectivity index (χ0) is 20.3. The summed E-state index contributed by atoms with van der Waals surface area (Å²) in [7, 11) is 0. The van der Waals surface area contributed by atoms with Crippen molar-refractivity contribution in [2.75, 3.05) is 5.32 Å². The molecule has 0 aliphatic rings. The van der Waals surface area contributed by atoms with E-state index < -0.39 is 17.6 Å². The molecule has 0 aliphatic heterocycles. The number of nitrogens with one attached hydrogen (secondary N) is 1. The van der Waals surface area contributed by atoms with Crippen LogP contribution in [-0.2, 0) is 6.18 Å². The molecule has 3 aromatic rings. The van der Waals surface area contributed by atoms with Crippen LogP contribution >= 0.6 is 11.8 Å². The Hall–Kier alpha value is -3.00. The maximum atomic E-state index is 12.6. The van der Waals surface area contributed by atoms with Crippen LogP contribution < -0.4 is 5.32 Å². The van der Waals surface area contributed by atoms with E-state index in [4.69, 9.17) is 0 Å². The van der Waals surface area contributed by atoms with Crippen LogP contribution in [0.15, 0.2) is 70.6 Å². The van der Waals surface area contributed by atoms with Gasteiger partial charge in [-0.25, -0.2) is 4.98 Å². The van der Waals surface area contributed by atoms with Gasteiger partial charge in [0, 0.05) is 21.7 Å². The molecule has 144 valence electrons. The second-order valence-corrected chi connectivity index (χ2v) is 7.07. The van der Waals surface area contributed by atoms with E-state index in [1.807, 2.05) is 0 Å². The highest BCUT2D eigenvalue weighted by molar-refractivity contribution is 7.99. The van der Waals surface area contributed by atoms with Crippen molar-refractivity contribution in [3.8, 4) is 5.75 Å². The second-order valence-electron chi connectivity index (χ2n) is 5.93. The fraction of sp³-hybridized carbons (Fsp3) is 0.100. The molecule has 0 atom stereocenters. The maximum absolute atomic E-state index is 12.6. The lowest BCUT2D eigenvalue weighted by Gasteiger charge is -2.09. The van der Waals surface area contributed by atoms with E-state index in [-0.39, 0.29) is 11.4 Å². The molecule has 1 aromatic heterocycles. The molecule has 0 fully saturated rings. The lowest BCUT2D eigenvalue weighted by Crippen LogP contribution is -2.14. The number of anilines is 1. The fourth-order valence-corrected chi connectivity index (χ4v) is 3.18. The zero-order valence-corrected chi connectivity index (χ0v) is 15.4. The smallest absolute Gasteiger partial charge is 0.416 e. The second kappa shape index (κ2) is 7.93. The van der Waals surface area contributed by atoms with Gasteiger partial charge in [0.2, 0.25) is 0 Å². The number of benzene rings is 2. The Balaban J connectivity index is 1.66. The highest BCUT2D eigenvalue weighted by Gasteiger charge is 2.29. The molecule has 1 heterocycles. The topological polar surface area (TPSA) is 62.2 Å². The Morgan fingerprint density at radius 1 is 1.00 bits per heavy atom. The van der Waals surface area contributed by atoms with E-state index in [1.54, 1.807) is 37.3 Å². The van der Waals surface area contributed by atoms with Crippen LogP contribution in [0.5, 0.6) is 5.75 Å². The number of amides is 1. The molecule has 1 amide bonds. The first-order valence-electron chi connectivity index (χ1n) is 8.15. The lowest BCUT2D eigenvalue weighted by molar-refractivity contribution is -0.137. The first-order chi connectivity index (χ1) is 13.2. The Labute approximate surface area is 163 Å². The first-order valence-corrected chi connectivity index (χ1v) is 8.97. The molecule has 0 spiro atoms. The van der Waals surface area contributed by atoms with Crippen molar-refractivity contribution in [3.05, 3.63) is 77.6 Å². The van der Waals surface area contributed by atoms with Crippen LogP contribution in [0, 0.1) is 6.92 Å². The van der Waals surface area contributed by atoms with Crippen molar-refractivity contribution in [1.82, 2.24) is 4.98 Å². The summed E-state index contributed by atoms with van der Waals surface area (Å²) in [6, 6.07) is 13.3. The minimum atomic E-state index is -4.36.